The zero-order chi connectivity index (χ0) is 14.0. The van der Waals surface area contributed by atoms with Crippen LogP contribution >= 0.6 is 23.2 Å². The van der Waals surface area contributed by atoms with E-state index < -0.39 is 0 Å². The van der Waals surface area contributed by atoms with E-state index in [0.717, 1.165) is 19.3 Å². The van der Waals surface area contributed by atoms with Crippen molar-refractivity contribution < 1.29 is 9.59 Å². The predicted octanol–water partition coefficient (Wildman–Crippen LogP) is 3.31. The molecule has 3 fully saturated rings. The standard InChI is InChI=1S/C14H12Cl2N2O2/c15-8-4-9(16)6-11(5-8)18-13(19)12-7-1-2-10(3-7)17(12)14(18)20/h4-7,10,12H,1-3H2/t7-,10+,12-/m1/s1. The van der Waals surface area contributed by atoms with E-state index in [0.29, 0.717) is 21.7 Å². The molecule has 2 saturated heterocycles. The van der Waals surface area contributed by atoms with Crippen molar-refractivity contribution in [3.05, 3.63) is 28.2 Å². The molecule has 3 aliphatic rings. The van der Waals surface area contributed by atoms with Crippen LogP contribution in [-0.4, -0.2) is 28.9 Å². The number of imide groups is 1. The molecule has 3 atom stereocenters. The fourth-order valence-corrected chi connectivity index (χ4v) is 4.34. The first kappa shape index (κ1) is 12.5. The van der Waals surface area contributed by atoms with E-state index in [-0.39, 0.29) is 24.0 Å². The van der Waals surface area contributed by atoms with Crippen LogP contribution < -0.4 is 4.90 Å². The summed E-state index contributed by atoms with van der Waals surface area (Å²) in [6.45, 7) is 0. The first-order chi connectivity index (χ1) is 9.56. The van der Waals surface area contributed by atoms with Gasteiger partial charge in [0.2, 0.25) is 0 Å². The van der Waals surface area contributed by atoms with Gasteiger partial charge in [-0.15, -0.1) is 0 Å². The lowest BCUT2D eigenvalue weighted by Crippen LogP contribution is -2.40. The predicted molar refractivity (Wildman–Crippen MR) is 76.1 cm³/mol. The number of urea groups is 1. The van der Waals surface area contributed by atoms with Crippen LogP contribution in [0.3, 0.4) is 0 Å². The van der Waals surface area contributed by atoms with Crippen LogP contribution in [-0.2, 0) is 4.79 Å². The van der Waals surface area contributed by atoms with Gasteiger partial charge in [-0.1, -0.05) is 23.2 Å². The van der Waals surface area contributed by atoms with E-state index >= 15 is 0 Å². The van der Waals surface area contributed by atoms with E-state index in [2.05, 4.69) is 0 Å². The number of benzene rings is 1. The number of fused-ring (bicyclic) bond motifs is 5. The quantitative estimate of drug-likeness (QED) is 0.747. The van der Waals surface area contributed by atoms with Gasteiger partial charge >= 0.3 is 6.03 Å². The van der Waals surface area contributed by atoms with Crippen molar-refractivity contribution >= 4 is 40.8 Å². The zero-order valence-electron chi connectivity index (χ0n) is 10.6. The topological polar surface area (TPSA) is 40.6 Å². The molecule has 4 rings (SSSR count). The van der Waals surface area contributed by atoms with Gasteiger partial charge in [0, 0.05) is 16.1 Å². The second-order valence-electron chi connectivity index (χ2n) is 5.66. The van der Waals surface area contributed by atoms with Gasteiger partial charge in [0.05, 0.1) is 5.69 Å². The third kappa shape index (κ3) is 1.55. The Kier molecular flexibility index (Phi) is 2.57. The Hall–Kier alpha value is -1.26. The lowest BCUT2D eigenvalue weighted by atomic mass is 9.99. The summed E-state index contributed by atoms with van der Waals surface area (Å²) in [7, 11) is 0. The summed E-state index contributed by atoms with van der Waals surface area (Å²) in [6.07, 6.45) is 3.01. The average Bonchev–Trinajstić information content (AvgIpc) is 3.02. The highest BCUT2D eigenvalue weighted by molar-refractivity contribution is 6.35. The van der Waals surface area contributed by atoms with E-state index in [1.54, 1.807) is 23.1 Å². The van der Waals surface area contributed by atoms with Crippen LogP contribution in [0.1, 0.15) is 19.3 Å². The second kappa shape index (κ2) is 4.12. The largest absolute Gasteiger partial charge is 0.332 e. The van der Waals surface area contributed by atoms with Crippen molar-refractivity contribution in [2.75, 3.05) is 4.90 Å². The number of anilines is 1. The minimum atomic E-state index is -0.279. The molecule has 0 radical (unpaired) electrons. The number of carbonyl (C=O) groups excluding carboxylic acids is 2. The van der Waals surface area contributed by atoms with Gasteiger partial charge < -0.3 is 4.90 Å². The van der Waals surface area contributed by atoms with Crippen molar-refractivity contribution in [1.82, 2.24) is 4.90 Å². The highest BCUT2D eigenvalue weighted by Gasteiger charge is 2.59. The van der Waals surface area contributed by atoms with Crippen molar-refractivity contribution in [3.8, 4) is 0 Å². The first-order valence-electron chi connectivity index (χ1n) is 6.68. The Labute approximate surface area is 126 Å². The van der Waals surface area contributed by atoms with E-state index in [4.69, 9.17) is 23.2 Å². The van der Waals surface area contributed by atoms with Crippen LogP contribution in [0.2, 0.25) is 10.0 Å². The average molecular weight is 311 g/mol. The molecule has 3 amide bonds. The Morgan fingerprint density at radius 1 is 1.05 bits per heavy atom. The third-order valence-corrected chi connectivity index (χ3v) is 5.01. The maximum Gasteiger partial charge on any atom is 0.332 e. The third-order valence-electron chi connectivity index (χ3n) is 4.58. The molecule has 1 aliphatic carbocycles. The summed E-state index contributed by atoms with van der Waals surface area (Å²) < 4.78 is 0. The first-order valence-corrected chi connectivity index (χ1v) is 7.44. The lowest BCUT2D eigenvalue weighted by molar-refractivity contribution is -0.120. The zero-order valence-corrected chi connectivity index (χ0v) is 12.1. The molecule has 2 aliphatic heterocycles. The smallest absolute Gasteiger partial charge is 0.309 e. The summed E-state index contributed by atoms with van der Waals surface area (Å²) in [5, 5.41) is 0.839. The SMILES string of the molecule is O=C1[C@H]2[C@@H]3CC[C@@H](C3)N2C(=O)N1c1cc(Cl)cc(Cl)c1. The summed E-state index contributed by atoms with van der Waals surface area (Å²) in [6, 6.07) is 4.51. The molecule has 0 aromatic heterocycles. The van der Waals surface area contributed by atoms with Crippen LogP contribution in [0, 0.1) is 5.92 Å². The molecule has 2 heterocycles. The molecule has 4 nitrogen and oxygen atoms in total. The maximum absolute atomic E-state index is 12.6. The van der Waals surface area contributed by atoms with Gasteiger partial charge in [-0.2, -0.15) is 0 Å². The number of nitrogens with zero attached hydrogens (tertiary/aromatic N) is 2. The number of amides is 3. The number of rotatable bonds is 1. The molecule has 1 saturated carbocycles. The maximum atomic E-state index is 12.6. The molecule has 1 aromatic carbocycles. The van der Waals surface area contributed by atoms with E-state index in [9.17, 15) is 9.59 Å². The number of carbonyl (C=O) groups is 2. The molecule has 6 heteroatoms. The van der Waals surface area contributed by atoms with Crippen LogP contribution in [0.5, 0.6) is 0 Å². The van der Waals surface area contributed by atoms with Gasteiger partial charge in [0.25, 0.3) is 5.91 Å². The van der Waals surface area contributed by atoms with Gasteiger partial charge in [-0.25, -0.2) is 9.69 Å². The van der Waals surface area contributed by atoms with Crippen molar-refractivity contribution in [2.45, 2.75) is 31.3 Å². The van der Waals surface area contributed by atoms with Crippen LogP contribution in [0.4, 0.5) is 10.5 Å². The van der Waals surface area contributed by atoms with E-state index in [1.807, 2.05) is 0 Å². The summed E-state index contributed by atoms with van der Waals surface area (Å²) in [5.41, 5.74) is 0.464. The lowest BCUT2D eigenvalue weighted by Gasteiger charge is -2.25. The number of halogens is 2. The Morgan fingerprint density at radius 3 is 2.40 bits per heavy atom. The molecule has 104 valence electrons. The van der Waals surface area contributed by atoms with E-state index in [1.165, 1.54) is 4.90 Å². The van der Waals surface area contributed by atoms with Crippen LogP contribution in [0.15, 0.2) is 18.2 Å². The molecule has 1 aromatic rings. The number of hydrogen-bond donors (Lipinski definition) is 0. The van der Waals surface area contributed by atoms with Crippen molar-refractivity contribution in [3.63, 3.8) is 0 Å². The summed E-state index contributed by atoms with van der Waals surface area (Å²) >= 11 is 11.9. The Morgan fingerprint density at radius 2 is 1.75 bits per heavy atom. The van der Waals surface area contributed by atoms with Crippen molar-refractivity contribution in [2.24, 2.45) is 5.92 Å². The molecule has 0 unspecified atom stereocenters. The van der Waals surface area contributed by atoms with Gasteiger partial charge in [-0.3, -0.25) is 4.79 Å². The van der Waals surface area contributed by atoms with Crippen molar-refractivity contribution in [1.29, 1.82) is 0 Å². The molecule has 20 heavy (non-hydrogen) atoms. The number of hydrogen-bond acceptors (Lipinski definition) is 2. The Balaban J connectivity index is 1.76. The highest BCUT2D eigenvalue weighted by Crippen LogP contribution is 2.47. The van der Waals surface area contributed by atoms with Crippen LogP contribution in [0.25, 0.3) is 0 Å². The second-order valence-corrected chi connectivity index (χ2v) is 6.54. The summed E-state index contributed by atoms with van der Waals surface area (Å²) in [5.74, 6) is 0.177. The molecule has 0 spiro atoms. The number of piperidine rings is 1. The Bertz CT molecular complexity index is 585. The minimum Gasteiger partial charge on any atom is -0.309 e. The molecule has 0 N–H and O–H groups in total. The highest BCUT2D eigenvalue weighted by atomic mass is 35.5. The molecule has 2 bridgehead atoms. The van der Waals surface area contributed by atoms with Gasteiger partial charge in [0.1, 0.15) is 6.04 Å². The minimum absolute atomic E-state index is 0.138. The molecular weight excluding hydrogens is 299 g/mol. The summed E-state index contributed by atoms with van der Waals surface area (Å²) in [4.78, 5) is 28.1. The normalized spacial score (nSPS) is 31.4. The molecular formula is C14H12Cl2N2O2. The fourth-order valence-electron chi connectivity index (χ4n) is 3.83. The monoisotopic (exact) mass is 310 g/mol. The fraction of sp³-hybridized carbons (Fsp3) is 0.429. The van der Waals surface area contributed by atoms with Gasteiger partial charge in [0.15, 0.2) is 0 Å². The van der Waals surface area contributed by atoms with Gasteiger partial charge in [-0.05, 0) is 43.4 Å².